The molecule has 2 N–H and O–H groups in total. The second kappa shape index (κ2) is 3.51. The van der Waals surface area contributed by atoms with Crippen LogP contribution in [0.4, 0.5) is 0 Å². The minimum atomic E-state index is -0.159. The third-order valence-electron chi connectivity index (χ3n) is 2.73. The van der Waals surface area contributed by atoms with E-state index in [4.69, 9.17) is 5.73 Å². The van der Waals surface area contributed by atoms with Crippen LogP contribution in [0.25, 0.3) is 0 Å². The summed E-state index contributed by atoms with van der Waals surface area (Å²) in [6, 6.07) is 0. The van der Waals surface area contributed by atoms with Gasteiger partial charge in [0.1, 0.15) is 5.01 Å². The summed E-state index contributed by atoms with van der Waals surface area (Å²) in [5.41, 5.74) is 7.36. The minimum absolute atomic E-state index is 0.159. The van der Waals surface area contributed by atoms with E-state index in [9.17, 15) is 0 Å². The number of thioether (sulfide) groups is 1. The predicted octanol–water partition coefficient (Wildman–Crippen LogP) is 2.44. The van der Waals surface area contributed by atoms with Crippen molar-refractivity contribution in [1.82, 2.24) is 4.98 Å². The first-order valence-corrected chi connectivity index (χ1v) is 6.73. The molecule has 2 nitrogen and oxygen atoms in total. The van der Waals surface area contributed by atoms with E-state index < -0.39 is 0 Å². The van der Waals surface area contributed by atoms with E-state index in [1.54, 1.807) is 11.3 Å². The fraction of sp³-hybridized carbons (Fsp3) is 0.700. The SMILES string of the molecule is Cc1nc(C2(N)CSC(C)C2)sc1C. The molecule has 2 rings (SSSR count). The Morgan fingerprint density at radius 3 is 2.64 bits per heavy atom. The largest absolute Gasteiger partial charge is 0.319 e. The molecule has 0 saturated carbocycles. The average molecular weight is 228 g/mol. The van der Waals surface area contributed by atoms with Gasteiger partial charge in [0.25, 0.3) is 0 Å². The molecule has 1 fully saturated rings. The smallest absolute Gasteiger partial charge is 0.114 e. The topological polar surface area (TPSA) is 38.9 Å². The van der Waals surface area contributed by atoms with Gasteiger partial charge >= 0.3 is 0 Å². The first kappa shape index (κ1) is 10.5. The van der Waals surface area contributed by atoms with Gasteiger partial charge in [-0.25, -0.2) is 4.98 Å². The van der Waals surface area contributed by atoms with Crippen molar-refractivity contribution >= 4 is 23.1 Å². The lowest BCUT2D eigenvalue weighted by Crippen LogP contribution is -2.36. The second-order valence-corrected chi connectivity index (χ2v) is 6.77. The Hall–Kier alpha value is -0.0600. The van der Waals surface area contributed by atoms with Crippen LogP contribution in [0.1, 0.15) is 28.9 Å². The summed E-state index contributed by atoms with van der Waals surface area (Å²) in [5, 5.41) is 1.80. The molecule has 0 bridgehead atoms. The first-order valence-electron chi connectivity index (χ1n) is 4.86. The lowest BCUT2D eigenvalue weighted by atomic mass is 9.99. The van der Waals surface area contributed by atoms with Crippen LogP contribution in [-0.2, 0) is 5.54 Å². The highest BCUT2D eigenvalue weighted by molar-refractivity contribution is 8.00. The van der Waals surface area contributed by atoms with Crippen molar-refractivity contribution in [3.05, 3.63) is 15.6 Å². The number of nitrogens with two attached hydrogens (primary N) is 1. The molecular formula is C10H16N2S2. The Balaban J connectivity index is 2.30. The van der Waals surface area contributed by atoms with E-state index in [-0.39, 0.29) is 5.54 Å². The molecule has 4 heteroatoms. The summed E-state index contributed by atoms with van der Waals surface area (Å²) in [7, 11) is 0. The highest BCUT2D eigenvalue weighted by Gasteiger charge is 2.38. The average Bonchev–Trinajstić information content (AvgIpc) is 2.60. The second-order valence-electron chi connectivity index (χ2n) is 4.14. The molecule has 1 aliphatic heterocycles. The quantitative estimate of drug-likeness (QED) is 0.802. The van der Waals surface area contributed by atoms with Crippen molar-refractivity contribution < 1.29 is 0 Å². The monoisotopic (exact) mass is 228 g/mol. The van der Waals surface area contributed by atoms with Gasteiger partial charge in [-0.2, -0.15) is 11.8 Å². The molecule has 2 atom stereocenters. The van der Waals surface area contributed by atoms with Crippen molar-refractivity contribution in [3.8, 4) is 0 Å². The van der Waals surface area contributed by atoms with E-state index in [2.05, 4.69) is 25.8 Å². The van der Waals surface area contributed by atoms with Crippen LogP contribution >= 0.6 is 23.1 Å². The molecule has 1 saturated heterocycles. The van der Waals surface area contributed by atoms with Crippen LogP contribution in [0.15, 0.2) is 0 Å². The zero-order valence-electron chi connectivity index (χ0n) is 8.83. The summed E-state index contributed by atoms with van der Waals surface area (Å²) in [4.78, 5) is 5.88. The maximum Gasteiger partial charge on any atom is 0.114 e. The number of nitrogens with zero attached hydrogens (tertiary/aromatic N) is 1. The van der Waals surface area contributed by atoms with Gasteiger partial charge in [-0.15, -0.1) is 11.3 Å². The van der Waals surface area contributed by atoms with E-state index in [1.807, 2.05) is 11.8 Å². The lowest BCUT2D eigenvalue weighted by molar-refractivity contribution is 0.482. The van der Waals surface area contributed by atoms with Gasteiger partial charge in [-0.3, -0.25) is 0 Å². The van der Waals surface area contributed by atoms with Crippen LogP contribution in [-0.4, -0.2) is 16.0 Å². The molecule has 0 radical (unpaired) electrons. The van der Waals surface area contributed by atoms with E-state index in [0.717, 1.165) is 22.9 Å². The maximum absolute atomic E-state index is 6.38. The number of hydrogen-bond acceptors (Lipinski definition) is 4. The van der Waals surface area contributed by atoms with Gasteiger partial charge in [0.15, 0.2) is 0 Å². The summed E-state index contributed by atoms with van der Waals surface area (Å²) in [6.07, 6.45) is 1.06. The Kier molecular flexibility index (Phi) is 2.62. The van der Waals surface area contributed by atoms with Crippen LogP contribution in [0, 0.1) is 13.8 Å². The number of aryl methyl sites for hydroxylation is 2. The van der Waals surface area contributed by atoms with Gasteiger partial charge in [0.2, 0.25) is 0 Å². The Morgan fingerprint density at radius 2 is 2.21 bits per heavy atom. The van der Waals surface area contributed by atoms with Crippen molar-refractivity contribution in [3.63, 3.8) is 0 Å². The minimum Gasteiger partial charge on any atom is -0.319 e. The highest BCUT2D eigenvalue weighted by Crippen LogP contribution is 2.41. The number of rotatable bonds is 1. The van der Waals surface area contributed by atoms with Crippen molar-refractivity contribution in [2.75, 3.05) is 5.75 Å². The summed E-state index contributed by atoms with van der Waals surface area (Å²) >= 11 is 3.72. The van der Waals surface area contributed by atoms with Gasteiger partial charge in [0, 0.05) is 15.9 Å². The van der Waals surface area contributed by atoms with Crippen molar-refractivity contribution in [2.24, 2.45) is 5.73 Å². The van der Waals surface area contributed by atoms with Gasteiger partial charge < -0.3 is 5.73 Å². The normalized spacial score (nSPS) is 32.4. The van der Waals surface area contributed by atoms with Gasteiger partial charge in [-0.05, 0) is 20.3 Å². The molecule has 0 spiro atoms. The standard InChI is InChI=1S/C10H16N2S2/c1-6-4-10(11,5-13-6)9-12-7(2)8(3)14-9/h6H,4-5,11H2,1-3H3. The van der Waals surface area contributed by atoms with Crippen LogP contribution < -0.4 is 5.73 Å². The molecule has 1 aromatic rings. The molecule has 78 valence electrons. The summed E-state index contributed by atoms with van der Waals surface area (Å²) in [6.45, 7) is 6.42. The van der Waals surface area contributed by atoms with Gasteiger partial charge in [-0.1, -0.05) is 6.92 Å². The van der Waals surface area contributed by atoms with Crippen molar-refractivity contribution in [2.45, 2.75) is 38.0 Å². The molecule has 14 heavy (non-hydrogen) atoms. The van der Waals surface area contributed by atoms with E-state index >= 15 is 0 Å². The van der Waals surface area contributed by atoms with E-state index in [1.165, 1.54) is 4.88 Å². The zero-order chi connectivity index (χ0) is 10.3. The van der Waals surface area contributed by atoms with E-state index in [0.29, 0.717) is 5.25 Å². The predicted molar refractivity (Wildman–Crippen MR) is 64.0 cm³/mol. The lowest BCUT2D eigenvalue weighted by Gasteiger charge is -2.19. The first-order chi connectivity index (χ1) is 6.51. The summed E-state index contributed by atoms with van der Waals surface area (Å²) < 4.78 is 0. The maximum atomic E-state index is 6.38. The number of thiazole rings is 1. The number of hydrogen-bond donors (Lipinski definition) is 1. The van der Waals surface area contributed by atoms with Crippen LogP contribution in [0.3, 0.4) is 0 Å². The van der Waals surface area contributed by atoms with Gasteiger partial charge in [0.05, 0.1) is 11.2 Å². The molecule has 1 aromatic heterocycles. The number of aromatic nitrogens is 1. The summed E-state index contributed by atoms with van der Waals surface area (Å²) in [5.74, 6) is 1.01. The highest BCUT2D eigenvalue weighted by atomic mass is 32.2. The van der Waals surface area contributed by atoms with Crippen molar-refractivity contribution in [1.29, 1.82) is 0 Å². The fourth-order valence-corrected chi connectivity index (χ4v) is 4.12. The molecule has 0 amide bonds. The third-order valence-corrected chi connectivity index (χ3v) is 5.44. The third kappa shape index (κ3) is 1.71. The molecular weight excluding hydrogens is 212 g/mol. The van der Waals surface area contributed by atoms with Crippen LogP contribution in [0.5, 0.6) is 0 Å². The molecule has 0 aliphatic carbocycles. The Labute approximate surface area is 93.3 Å². The zero-order valence-corrected chi connectivity index (χ0v) is 10.5. The van der Waals surface area contributed by atoms with Crippen LogP contribution in [0.2, 0.25) is 0 Å². The Bertz CT molecular complexity index is 328. The fourth-order valence-electron chi connectivity index (χ4n) is 1.76. The molecule has 1 aliphatic rings. The molecule has 2 heterocycles. The molecule has 2 unspecified atom stereocenters. The molecule has 0 aromatic carbocycles. The Morgan fingerprint density at radius 1 is 1.50 bits per heavy atom.